The van der Waals surface area contributed by atoms with Crippen LogP contribution >= 0.6 is 11.6 Å². The lowest BCUT2D eigenvalue weighted by atomic mass is 9.90. The number of hydrogen-bond donors (Lipinski definition) is 2. The van der Waals surface area contributed by atoms with Crippen LogP contribution < -0.4 is 10.6 Å². The highest BCUT2D eigenvalue weighted by Crippen LogP contribution is 2.34. The maximum absolute atomic E-state index is 12.9. The number of carbonyl (C=O) groups is 1. The molecule has 1 aromatic heterocycles. The van der Waals surface area contributed by atoms with Gasteiger partial charge < -0.3 is 10.6 Å². The molecule has 1 atom stereocenters. The molecular weight excluding hydrogens is 322 g/mol. The summed E-state index contributed by atoms with van der Waals surface area (Å²) in [5.74, 6) is -0.253. The van der Waals surface area contributed by atoms with Crippen LogP contribution in [-0.2, 0) is 4.79 Å². The topological polar surface area (TPSA) is 54.0 Å². The highest BCUT2D eigenvalue weighted by Gasteiger charge is 2.27. The molecule has 2 heterocycles. The van der Waals surface area contributed by atoms with E-state index in [0.717, 1.165) is 40.7 Å². The van der Waals surface area contributed by atoms with Crippen LogP contribution in [0.4, 0.5) is 11.4 Å². The first kappa shape index (κ1) is 15.0. The summed E-state index contributed by atoms with van der Waals surface area (Å²) in [4.78, 5) is 17.1. The number of halogens is 1. The molecule has 1 amide bonds. The second-order valence-corrected chi connectivity index (χ2v) is 6.33. The van der Waals surface area contributed by atoms with Crippen molar-refractivity contribution in [3.05, 3.63) is 65.4 Å². The largest absolute Gasteiger partial charge is 0.385 e. The normalized spacial score (nSPS) is 16.3. The van der Waals surface area contributed by atoms with Gasteiger partial charge in [-0.25, -0.2) is 0 Å². The molecule has 2 aromatic carbocycles. The molecule has 1 unspecified atom stereocenters. The average Bonchev–Trinajstić information content (AvgIpc) is 2.61. The zero-order chi connectivity index (χ0) is 16.5. The Morgan fingerprint density at radius 2 is 2.08 bits per heavy atom. The number of anilines is 2. The van der Waals surface area contributed by atoms with Crippen molar-refractivity contribution in [2.75, 3.05) is 17.2 Å². The predicted molar refractivity (Wildman–Crippen MR) is 97.7 cm³/mol. The lowest BCUT2D eigenvalue weighted by Gasteiger charge is -2.26. The molecule has 24 heavy (non-hydrogen) atoms. The fraction of sp³-hybridized carbons (Fsp3) is 0.158. The molecule has 4 nitrogen and oxygen atoms in total. The monoisotopic (exact) mass is 337 g/mol. The smallest absolute Gasteiger partial charge is 0.232 e. The van der Waals surface area contributed by atoms with E-state index in [0.29, 0.717) is 5.02 Å². The third-order valence-corrected chi connectivity index (χ3v) is 4.62. The third kappa shape index (κ3) is 2.69. The molecule has 1 aliphatic heterocycles. The molecule has 0 spiro atoms. The second-order valence-electron chi connectivity index (χ2n) is 5.90. The van der Waals surface area contributed by atoms with Crippen LogP contribution in [0.1, 0.15) is 17.9 Å². The SMILES string of the molecule is O=C(Nc1cncc2ccccc12)C1CCNc2ccc(Cl)cc21. The van der Waals surface area contributed by atoms with E-state index in [-0.39, 0.29) is 11.8 Å². The number of fused-ring (bicyclic) bond motifs is 2. The fourth-order valence-corrected chi connectivity index (χ4v) is 3.38. The lowest BCUT2D eigenvalue weighted by Crippen LogP contribution is -2.27. The van der Waals surface area contributed by atoms with Crippen LogP contribution in [0.25, 0.3) is 10.8 Å². The summed E-state index contributed by atoms with van der Waals surface area (Å²) < 4.78 is 0. The number of rotatable bonds is 2. The van der Waals surface area contributed by atoms with Crippen molar-refractivity contribution in [2.45, 2.75) is 12.3 Å². The summed E-state index contributed by atoms with van der Waals surface area (Å²) in [6.45, 7) is 0.764. The minimum atomic E-state index is -0.223. The molecule has 120 valence electrons. The summed E-state index contributed by atoms with van der Waals surface area (Å²) in [7, 11) is 0. The van der Waals surface area contributed by atoms with Crippen molar-refractivity contribution >= 4 is 39.7 Å². The van der Waals surface area contributed by atoms with Gasteiger partial charge in [-0.1, -0.05) is 35.9 Å². The molecule has 0 saturated carbocycles. The summed E-state index contributed by atoms with van der Waals surface area (Å²) in [5.41, 5.74) is 2.65. The van der Waals surface area contributed by atoms with Gasteiger partial charge in [-0.05, 0) is 30.2 Å². The number of amides is 1. The number of benzene rings is 2. The minimum Gasteiger partial charge on any atom is -0.385 e. The number of nitrogens with one attached hydrogen (secondary N) is 2. The first-order valence-electron chi connectivity index (χ1n) is 7.89. The van der Waals surface area contributed by atoms with E-state index in [2.05, 4.69) is 15.6 Å². The van der Waals surface area contributed by atoms with Gasteiger partial charge in [0.05, 0.1) is 17.8 Å². The van der Waals surface area contributed by atoms with Gasteiger partial charge in [0.2, 0.25) is 5.91 Å². The molecule has 4 rings (SSSR count). The number of nitrogens with zero attached hydrogens (tertiary/aromatic N) is 1. The first-order valence-corrected chi connectivity index (χ1v) is 8.27. The van der Waals surface area contributed by atoms with E-state index in [4.69, 9.17) is 11.6 Å². The molecule has 1 aliphatic rings. The standard InChI is InChI=1S/C19H16ClN3O/c20-13-5-6-17-16(9-13)15(7-8-22-17)19(24)23-18-11-21-10-12-3-1-2-4-14(12)18/h1-6,9-11,15,22H,7-8H2,(H,23,24). The second kappa shape index (κ2) is 6.13. The Hall–Kier alpha value is -2.59. The molecular formula is C19H16ClN3O. The van der Waals surface area contributed by atoms with E-state index in [1.165, 1.54) is 0 Å². The highest BCUT2D eigenvalue weighted by atomic mass is 35.5. The van der Waals surface area contributed by atoms with Gasteiger partial charge in [-0.2, -0.15) is 0 Å². The van der Waals surface area contributed by atoms with Gasteiger partial charge in [0, 0.05) is 34.2 Å². The van der Waals surface area contributed by atoms with E-state index in [1.807, 2.05) is 42.5 Å². The van der Waals surface area contributed by atoms with E-state index < -0.39 is 0 Å². The Kier molecular flexibility index (Phi) is 3.82. The number of carbonyl (C=O) groups excluding carboxylic acids is 1. The zero-order valence-electron chi connectivity index (χ0n) is 12.9. The fourth-order valence-electron chi connectivity index (χ4n) is 3.20. The van der Waals surface area contributed by atoms with Crippen molar-refractivity contribution in [3.63, 3.8) is 0 Å². The Labute approximate surface area is 144 Å². The quantitative estimate of drug-likeness (QED) is 0.727. The molecule has 2 N–H and O–H groups in total. The van der Waals surface area contributed by atoms with Crippen LogP contribution in [0, 0.1) is 0 Å². The van der Waals surface area contributed by atoms with Crippen molar-refractivity contribution < 1.29 is 4.79 Å². The van der Waals surface area contributed by atoms with E-state index in [1.54, 1.807) is 12.4 Å². The number of aromatic nitrogens is 1. The molecule has 0 radical (unpaired) electrons. The summed E-state index contributed by atoms with van der Waals surface area (Å²) in [6.07, 6.45) is 4.22. The van der Waals surface area contributed by atoms with Gasteiger partial charge in [0.25, 0.3) is 0 Å². The minimum absolute atomic E-state index is 0.0295. The van der Waals surface area contributed by atoms with Gasteiger partial charge in [0.1, 0.15) is 0 Å². The van der Waals surface area contributed by atoms with Gasteiger partial charge in [-0.3, -0.25) is 9.78 Å². The predicted octanol–water partition coefficient (Wildman–Crippen LogP) is 4.43. The zero-order valence-corrected chi connectivity index (χ0v) is 13.7. The van der Waals surface area contributed by atoms with Gasteiger partial charge in [0.15, 0.2) is 0 Å². The maximum atomic E-state index is 12.9. The van der Waals surface area contributed by atoms with Gasteiger partial charge >= 0.3 is 0 Å². The van der Waals surface area contributed by atoms with E-state index >= 15 is 0 Å². The summed E-state index contributed by atoms with van der Waals surface area (Å²) in [6, 6.07) is 13.5. The van der Waals surface area contributed by atoms with Crippen molar-refractivity contribution in [3.8, 4) is 0 Å². The number of hydrogen-bond acceptors (Lipinski definition) is 3. The first-order chi connectivity index (χ1) is 11.7. The van der Waals surface area contributed by atoms with E-state index in [9.17, 15) is 4.79 Å². The van der Waals surface area contributed by atoms with Crippen molar-refractivity contribution in [1.82, 2.24) is 4.98 Å². The molecule has 0 fully saturated rings. The number of pyridine rings is 1. The van der Waals surface area contributed by atoms with Crippen LogP contribution in [0.2, 0.25) is 5.02 Å². The van der Waals surface area contributed by atoms with Gasteiger partial charge in [-0.15, -0.1) is 0 Å². The summed E-state index contributed by atoms with van der Waals surface area (Å²) in [5, 5.41) is 8.99. The Bertz CT molecular complexity index is 920. The maximum Gasteiger partial charge on any atom is 0.232 e. The Morgan fingerprint density at radius 1 is 1.21 bits per heavy atom. The Morgan fingerprint density at radius 3 is 3.00 bits per heavy atom. The van der Waals surface area contributed by atoms with Crippen molar-refractivity contribution in [1.29, 1.82) is 0 Å². The Balaban J connectivity index is 1.67. The molecule has 0 bridgehead atoms. The van der Waals surface area contributed by atoms with Crippen LogP contribution in [0.5, 0.6) is 0 Å². The molecule has 3 aromatic rings. The van der Waals surface area contributed by atoms with Crippen molar-refractivity contribution in [2.24, 2.45) is 0 Å². The van der Waals surface area contributed by atoms with Crippen LogP contribution in [0.15, 0.2) is 54.9 Å². The van der Waals surface area contributed by atoms with Crippen LogP contribution in [-0.4, -0.2) is 17.4 Å². The third-order valence-electron chi connectivity index (χ3n) is 4.38. The average molecular weight is 338 g/mol. The molecule has 5 heteroatoms. The summed E-state index contributed by atoms with van der Waals surface area (Å²) >= 11 is 6.12. The molecule has 0 aliphatic carbocycles. The van der Waals surface area contributed by atoms with Crippen LogP contribution in [0.3, 0.4) is 0 Å². The highest BCUT2D eigenvalue weighted by molar-refractivity contribution is 6.30. The molecule has 0 saturated heterocycles. The lowest BCUT2D eigenvalue weighted by molar-refractivity contribution is -0.117.